The lowest BCUT2D eigenvalue weighted by atomic mass is 10.1. The molecular weight excluding hydrogens is 302 g/mol. The Bertz CT molecular complexity index is 774. The average molecular weight is 316 g/mol. The summed E-state index contributed by atoms with van der Waals surface area (Å²) in [6, 6.07) is 9.81. The second-order valence-corrected chi connectivity index (χ2v) is 5.57. The lowest BCUT2D eigenvalue weighted by molar-refractivity contribution is 1.31. The van der Waals surface area contributed by atoms with Gasteiger partial charge in [0.2, 0.25) is 0 Å². The fraction of sp³-hybridized carbons (Fsp3) is 0.133. The van der Waals surface area contributed by atoms with Gasteiger partial charge in [-0.15, -0.1) is 0 Å². The topological polar surface area (TPSA) is 54.7 Å². The van der Waals surface area contributed by atoms with Crippen molar-refractivity contribution in [1.29, 1.82) is 0 Å². The first-order chi connectivity index (χ1) is 9.06. The number of aromatic nitrogens is 2. The van der Waals surface area contributed by atoms with Gasteiger partial charge in [-0.3, -0.25) is 0 Å². The van der Waals surface area contributed by atoms with E-state index in [2.05, 4.69) is 40.8 Å². The third kappa shape index (κ3) is 2.02. The van der Waals surface area contributed by atoms with E-state index in [1.165, 1.54) is 11.1 Å². The number of nitrogens with two attached hydrogens (primary N) is 1. The Morgan fingerprint density at radius 3 is 2.68 bits per heavy atom. The van der Waals surface area contributed by atoms with E-state index in [0.29, 0.717) is 0 Å². The highest BCUT2D eigenvalue weighted by Gasteiger charge is 2.11. The minimum Gasteiger partial charge on any atom is -0.399 e. The maximum Gasteiger partial charge on any atom is 0.138 e. The predicted molar refractivity (Wildman–Crippen MR) is 83.1 cm³/mol. The van der Waals surface area contributed by atoms with Crippen LogP contribution >= 0.6 is 15.9 Å². The van der Waals surface area contributed by atoms with Gasteiger partial charge in [-0.05, 0) is 43.2 Å². The molecule has 2 aromatic carbocycles. The van der Waals surface area contributed by atoms with Crippen LogP contribution in [0.3, 0.4) is 0 Å². The van der Waals surface area contributed by atoms with Gasteiger partial charge in [0.05, 0.1) is 11.0 Å². The fourth-order valence-corrected chi connectivity index (χ4v) is 2.72. The summed E-state index contributed by atoms with van der Waals surface area (Å²) in [5.41, 5.74) is 12.0. The molecule has 1 heterocycles. The molecule has 0 unspecified atom stereocenters. The Balaban J connectivity index is 2.25. The lowest BCUT2D eigenvalue weighted by Gasteiger charge is -2.02. The van der Waals surface area contributed by atoms with E-state index in [-0.39, 0.29) is 0 Å². The number of hydrogen-bond acceptors (Lipinski definition) is 2. The van der Waals surface area contributed by atoms with Crippen molar-refractivity contribution in [1.82, 2.24) is 9.97 Å². The van der Waals surface area contributed by atoms with Crippen molar-refractivity contribution in [2.24, 2.45) is 0 Å². The van der Waals surface area contributed by atoms with Gasteiger partial charge in [-0.1, -0.05) is 28.1 Å². The van der Waals surface area contributed by atoms with Crippen molar-refractivity contribution in [3.63, 3.8) is 0 Å². The summed E-state index contributed by atoms with van der Waals surface area (Å²) < 4.78 is 1.10. The minimum absolute atomic E-state index is 0.743. The number of fused-ring (bicyclic) bond motifs is 1. The van der Waals surface area contributed by atoms with Crippen LogP contribution in [0.2, 0.25) is 0 Å². The van der Waals surface area contributed by atoms with Crippen LogP contribution in [-0.2, 0) is 0 Å². The standard InChI is InChI=1S/C15H14BrN3/c1-8-9(2)14-13(7-12(8)16)18-15(19-14)10-4-3-5-11(17)6-10/h3-7H,17H2,1-2H3,(H,18,19). The zero-order chi connectivity index (χ0) is 13.6. The number of aryl methyl sites for hydroxylation is 1. The molecular formula is C15H14BrN3. The van der Waals surface area contributed by atoms with E-state index in [1.807, 2.05) is 24.3 Å². The molecule has 3 rings (SSSR count). The molecule has 0 amide bonds. The number of anilines is 1. The Morgan fingerprint density at radius 2 is 1.95 bits per heavy atom. The summed E-state index contributed by atoms with van der Waals surface area (Å²) in [6.45, 7) is 4.18. The van der Waals surface area contributed by atoms with Crippen molar-refractivity contribution in [3.05, 3.63) is 45.9 Å². The Labute approximate surface area is 120 Å². The maximum absolute atomic E-state index is 5.82. The molecule has 0 radical (unpaired) electrons. The van der Waals surface area contributed by atoms with E-state index in [9.17, 15) is 0 Å². The summed E-state index contributed by atoms with van der Waals surface area (Å²) in [5, 5.41) is 0. The second-order valence-electron chi connectivity index (χ2n) is 4.72. The van der Waals surface area contributed by atoms with Gasteiger partial charge in [-0.25, -0.2) is 4.98 Å². The van der Waals surface area contributed by atoms with Crippen LogP contribution in [0.5, 0.6) is 0 Å². The number of H-pyrrole nitrogens is 1. The highest BCUT2D eigenvalue weighted by Crippen LogP contribution is 2.29. The molecule has 1 aromatic heterocycles. The Hall–Kier alpha value is -1.81. The molecule has 3 N–H and O–H groups in total. The number of imidazole rings is 1. The molecule has 0 aliphatic heterocycles. The first-order valence-electron chi connectivity index (χ1n) is 6.07. The molecule has 0 bridgehead atoms. The van der Waals surface area contributed by atoms with Crippen LogP contribution in [0, 0.1) is 13.8 Å². The number of nitrogen functional groups attached to an aromatic ring is 1. The predicted octanol–water partition coefficient (Wildman–Crippen LogP) is 4.19. The summed E-state index contributed by atoms with van der Waals surface area (Å²) in [7, 11) is 0. The zero-order valence-corrected chi connectivity index (χ0v) is 12.4. The number of nitrogens with one attached hydrogen (secondary N) is 1. The number of nitrogens with zero attached hydrogens (tertiary/aromatic N) is 1. The molecule has 0 saturated heterocycles. The number of benzene rings is 2. The molecule has 0 fully saturated rings. The number of halogens is 1. The molecule has 96 valence electrons. The SMILES string of the molecule is Cc1c(Br)cc2[nH]c(-c3cccc(N)c3)nc2c1C. The largest absolute Gasteiger partial charge is 0.399 e. The quantitative estimate of drug-likeness (QED) is 0.661. The van der Waals surface area contributed by atoms with E-state index in [4.69, 9.17) is 10.7 Å². The van der Waals surface area contributed by atoms with Crippen LogP contribution in [-0.4, -0.2) is 9.97 Å². The van der Waals surface area contributed by atoms with Crippen molar-refractivity contribution in [2.75, 3.05) is 5.73 Å². The van der Waals surface area contributed by atoms with Crippen LogP contribution in [0.1, 0.15) is 11.1 Å². The van der Waals surface area contributed by atoms with Crippen molar-refractivity contribution < 1.29 is 0 Å². The van der Waals surface area contributed by atoms with Crippen LogP contribution in [0.25, 0.3) is 22.4 Å². The summed E-state index contributed by atoms with van der Waals surface area (Å²) >= 11 is 3.58. The highest BCUT2D eigenvalue weighted by atomic mass is 79.9. The van der Waals surface area contributed by atoms with E-state index < -0.39 is 0 Å². The first kappa shape index (κ1) is 12.2. The minimum atomic E-state index is 0.743. The number of aromatic amines is 1. The van der Waals surface area contributed by atoms with Gasteiger partial charge in [0.15, 0.2) is 0 Å². The summed E-state index contributed by atoms with van der Waals surface area (Å²) in [6.07, 6.45) is 0. The van der Waals surface area contributed by atoms with Gasteiger partial charge in [0, 0.05) is 15.7 Å². The second kappa shape index (κ2) is 4.38. The third-order valence-corrected chi connectivity index (χ3v) is 4.26. The average Bonchev–Trinajstić information content (AvgIpc) is 2.80. The monoisotopic (exact) mass is 315 g/mol. The Morgan fingerprint density at radius 1 is 1.16 bits per heavy atom. The summed E-state index contributed by atoms with van der Waals surface area (Å²) in [4.78, 5) is 8.04. The van der Waals surface area contributed by atoms with Crippen LogP contribution in [0.4, 0.5) is 5.69 Å². The molecule has 3 aromatic rings. The van der Waals surface area contributed by atoms with Gasteiger partial charge in [0.25, 0.3) is 0 Å². The van der Waals surface area contributed by atoms with Gasteiger partial charge < -0.3 is 10.7 Å². The zero-order valence-electron chi connectivity index (χ0n) is 10.8. The third-order valence-electron chi connectivity index (χ3n) is 3.44. The van der Waals surface area contributed by atoms with E-state index >= 15 is 0 Å². The molecule has 0 saturated carbocycles. The van der Waals surface area contributed by atoms with E-state index in [0.717, 1.165) is 32.6 Å². The fourth-order valence-electron chi connectivity index (χ4n) is 2.19. The van der Waals surface area contributed by atoms with Gasteiger partial charge in [-0.2, -0.15) is 0 Å². The number of rotatable bonds is 1. The van der Waals surface area contributed by atoms with Gasteiger partial charge >= 0.3 is 0 Å². The molecule has 19 heavy (non-hydrogen) atoms. The Kier molecular flexibility index (Phi) is 2.82. The lowest BCUT2D eigenvalue weighted by Crippen LogP contribution is -1.86. The maximum atomic E-state index is 5.82. The molecule has 3 nitrogen and oxygen atoms in total. The van der Waals surface area contributed by atoms with Crippen LogP contribution in [0.15, 0.2) is 34.8 Å². The van der Waals surface area contributed by atoms with Gasteiger partial charge in [0.1, 0.15) is 5.82 Å². The highest BCUT2D eigenvalue weighted by molar-refractivity contribution is 9.10. The van der Waals surface area contributed by atoms with Crippen molar-refractivity contribution in [3.8, 4) is 11.4 Å². The normalized spacial score (nSPS) is 11.1. The van der Waals surface area contributed by atoms with Crippen molar-refractivity contribution in [2.45, 2.75) is 13.8 Å². The molecule has 0 atom stereocenters. The smallest absolute Gasteiger partial charge is 0.138 e. The summed E-state index contributed by atoms with van der Waals surface area (Å²) in [5.74, 6) is 0.850. The van der Waals surface area contributed by atoms with E-state index in [1.54, 1.807) is 0 Å². The molecule has 4 heteroatoms. The van der Waals surface area contributed by atoms with Crippen molar-refractivity contribution >= 4 is 32.7 Å². The number of hydrogen-bond donors (Lipinski definition) is 2. The van der Waals surface area contributed by atoms with Crippen LogP contribution < -0.4 is 5.73 Å². The molecule has 0 aliphatic rings. The first-order valence-corrected chi connectivity index (χ1v) is 6.87. The molecule has 0 spiro atoms. The molecule has 0 aliphatic carbocycles.